The second-order valence-corrected chi connectivity index (χ2v) is 13.4. The van der Waals surface area contributed by atoms with Crippen LogP contribution < -0.4 is 4.90 Å². The number of ether oxygens (including phenoxy) is 1. The molecule has 3 aliphatic rings. The Kier molecular flexibility index (Phi) is 7.37. The predicted molar refractivity (Wildman–Crippen MR) is 136 cm³/mol. The summed E-state index contributed by atoms with van der Waals surface area (Å²) < 4.78 is 74.1. The van der Waals surface area contributed by atoms with E-state index in [1.54, 1.807) is 17.5 Å². The van der Waals surface area contributed by atoms with Gasteiger partial charge in [0.05, 0.1) is 19.3 Å². The molecule has 0 amide bonds. The number of ketones is 1. The van der Waals surface area contributed by atoms with Gasteiger partial charge in [-0.15, -0.1) is 11.3 Å². The maximum Gasteiger partial charge on any atom is 0.421 e. The molecule has 0 spiro atoms. The van der Waals surface area contributed by atoms with Crippen LogP contribution in [0.4, 0.5) is 18.9 Å². The topological polar surface area (TPSA) is 90.4 Å². The normalized spacial score (nSPS) is 27.3. The summed E-state index contributed by atoms with van der Waals surface area (Å²) in [7, 11) is -3.70. The van der Waals surface area contributed by atoms with Crippen LogP contribution in [0.1, 0.15) is 25.3 Å². The van der Waals surface area contributed by atoms with Crippen molar-refractivity contribution in [2.45, 2.75) is 53.9 Å². The zero-order chi connectivity index (χ0) is 27.3. The maximum atomic E-state index is 13.3. The number of rotatable bonds is 6. The first-order chi connectivity index (χ1) is 17.9. The molecule has 2 bridgehead atoms. The zero-order valence-corrected chi connectivity index (χ0v) is 22.4. The average Bonchev–Trinajstić information content (AvgIpc) is 3.40. The third-order valence-corrected chi connectivity index (χ3v) is 11.0. The average molecular weight is 574 g/mol. The van der Waals surface area contributed by atoms with E-state index in [9.17, 15) is 31.5 Å². The van der Waals surface area contributed by atoms with Crippen molar-refractivity contribution in [3.8, 4) is 0 Å². The number of carbonyl (C=O) groups excluding carboxylic acids is 1. The molecule has 0 saturated carbocycles. The molecule has 2 aromatic rings. The van der Waals surface area contributed by atoms with E-state index in [1.165, 1.54) is 28.6 Å². The number of hydrogen-bond donors (Lipinski definition) is 1. The lowest BCUT2D eigenvalue weighted by Crippen LogP contribution is -2.64. The Balaban J connectivity index is 1.43. The van der Waals surface area contributed by atoms with E-state index >= 15 is 0 Å². The smallest absolute Gasteiger partial charge is 0.378 e. The second kappa shape index (κ2) is 10.2. The Labute approximate surface area is 223 Å². The molecule has 5 rings (SSSR count). The standard InChI is InChI=1S/C25H30F3N3O5S2/c1-24(33,25(26,27)28)17-4-6-18(7-5-17)30-9-8-29(38(34,35)23-3-2-10-37-23)13-21(30)14-31-19-11-22(32)12-20(31)16-36-15-19/h2-7,10,19-21,33H,8-9,11-16H2,1H3/t19?,20?,21-,24+/m1/s1. The fourth-order valence-corrected chi connectivity index (χ4v) is 8.17. The maximum absolute atomic E-state index is 13.3. The number of sulfonamides is 1. The fraction of sp³-hybridized carbons (Fsp3) is 0.560. The van der Waals surface area contributed by atoms with Gasteiger partial charge in [0.15, 0.2) is 5.60 Å². The van der Waals surface area contributed by atoms with Crippen LogP contribution >= 0.6 is 11.3 Å². The second-order valence-electron chi connectivity index (χ2n) is 10.2. The van der Waals surface area contributed by atoms with Crippen LogP contribution in [0.25, 0.3) is 0 Å². The summed E-state index contributed by atoms with van der Waals surface area (Å²) in [4.78, 5) is 16.5. The zero-order valence-electron chi connectivity index (χ0n) is 20.8. The van der Waals surface area contributed by atoms with Crippen molar-refractivity contribution >= 4 is 32.8 Å². The summed E-state index contributed by atoms with van der Waals surface area (Å²) in [6.45, 7) is 2.78. The lowest BCUT2D eigenvalue weighted by molar-refractivity contribution is -0.258. The van der Waals surface area contributed by atoms with E-state index in [4.69, 9.17) is 4.74 Å². The molecule has 8 nitrogen and oxygen atoms in total. The summed E-state index contributed by atoms with van der Waals surface area (Å²) in [6.07, 6.45) is -4.08. The van der Waals surface area contributed by atoms with Crippen molar-refractivity contribution in [1.29, 1.82) is 0 Å². The third kappa shape index (κ3) is 5.11. The Hall–Kier alpha value is -2.03. The van der Waals surface area contributed by atoms with Crippen LogP contribution in [-0.2, 0) is 25.2 Å². The number of thiophene rings is 1. The predicted octanol–water partition coefficient (Wildman–Crippen LogP) is 2.83. The summed E-state index contributed by atoms with van der Waals surface area (Å²) in [6, 6.07) is 8.36. The summed E-state index contributed by atoms with van der Waals surface area (Å²) >= 11 is 1.15. The highest BCUT2D eigenvalue weighted by molar-refractivity contribution is 7.91. The van der Waals surface area contributed by atoms with Crippen LogP contribution in [0, 0.1) is 0 Å². The van der Waals surface area contributed by atoms with Crippen LogP contribution in [0.15, 0.2) is 46.0 Å². The number of piperazine rings is 1. The quantitative estimate of drug-likeness (QED) is 0.569. The molecule has 0 aliphatic carbocycles. The number of carbonyl (C=O) groups is 1. The fourth-order valence-electron chi connectivity index (χ4n) is 5.55. The summed E-state index contributed by atoms with van der Waals surface area (Å²) in [5.41, 5.74) is -2.62. The molecule has 4 heterocycles. The van der Waals surface area contributed by atoms with Gasteiger partial charge < -0.3 is 14.7 Å². The molecule has 1 aromatic carbocycles. The number of morpholine rings is 1. The van der Waals surface area contributed by atoms with E-state index < -0.39 is 21.8 Å². The largest absolute Gasteiger partial charge is 0.421 e. The molecule has 3 saturated heterocycles. The molecular formula is C25H30F3N3O5S2. The van der Waals surface area contributed by atoms with Crippen molar-refractivity contribution in [2.24, 2.45) is 0 Å². The summed E-state index contributed by atoms with van der Waals surface area (Å²) in [5, 5.41) is 11.8. The van der Waals surface area contributed by atoms with E-state index in [0.29, 0.717) is 44.8 Å². The Bertz CT molecular complexity index is 1240. The van der Waals surface area contributed by atoms with Crippen LogP contribution in [-0.4, -0.2) is 92.2 Å². The van der Waals surface area contributed by atoms with Gasteiger partial charge in [-0.3, -0.25) is 9.69 Å². The van der Waals surface area contributed by atoms with Gasteiger partial charge in [-0.05, 0) is 36.1 Å². The molecule has 1 N–H and O–H groups in total. The summed E-state index contributed by atoms with van der Waals surface area (Å²) in [5.74, 6) is 0.189. The molecule has 38 heavy (non-hydrogen) atoms. The third-order valence-electron chi connectivity index (χ3n) is 7.75. The molecule has 2 unspecified atom stereocenters. The van der Waals surface area contributed by atoms with E-state index in [-0.39, 0.29) is 46.8 Å². The van der Waals surface area contributed by atoms with Gasteiger partial charge in [-0.1, -0.05) is 18.2 Å². The number of Topliss-reactive ketones (excluding diaryl/α,β-unsaturated/α-hetero) is 1. The first kappa shape index (κ1) is 27.5. The number of hydrogen-bond acceptors (Lipinski definition) is 8. The number of fused-ring (bicyclic) bond motifs is 2. The number of benzene rings is 1. The number of piperidine rings is 1. The van der Waals surface area contributed by atoms with Crippen LogP contribution in [0.5, 0.6) is 0 Å². The minimum absolute atomic E-state index is 0.0922. The van der Waals surface area contributed by atoms with Crippen LogP contribution in [0.2, 0.25) is 0 Å². The molecular weight excluding hydrogens is 543 g/mol. The van der Waals surface area contributed by atoms with Crippen molar-refractivity contribution in [2.75, 3.05) is 44.3 Å². The first-order valence-electron chi connectivity index (χ1n) is 12.4. The highest BCUT2D eigenvalue weighted by Gasteiger charge is 2.51. The van der Waals surface area contributed by atoms with Gasteiger partial charge in [0.2, 0.25) is 0 Å². The lowest BCUT2D eigenvalue weighted by Gasteiger charge is -2.50. The molecule has 4 atom stereocenters. The number of alkyl halides is 3. The number of aliphatic hydroxyl groups is 1. The number of halogens is 3. The Morgan fingerprint density at radius 2 is 1.74 bits per heavy atom. The van der Waals surface area contributed by atoms with Crippen molar-refractivity contribution in [3.63, 3.8) is 0 Å². The highest BCUT2D eigenvalue weighted by atomic mass is 32.2. The van der Waals surface area contributed by atoms with Crippen molar-refractivity contribution < 1.29 is 36.2 Å². The minimum Gasteiger partial charge on any atom is -0.378 e. The number of anilines is 1. The van der Waals surface area contributed by atoms with E-state index in [1.807, 2.05) is 4.90 Å². The van der Waals surface area contributed by atoms with Gasteiger partial charge >= 0.3 is 6.18 Å². The van der Waals surface area contributed by atoms with Crippen molar-refractivity contribution in [3.05, 3.63) is 47.3 Å². The Morgan fingerprint density at radius 1 is 1.08 bits per heavy atom. The first-order valence-corrected chi connectivity index (χ1v) is 14.7. The number of nitrogens with zero attached hydrogens (tertiary/aromatic N) is 3. The molecule has 13 heteroatoms. The van der Waals surface area contributed by atoms with Gasteiger partial charge in [0.25, 0.3) is 10.0 Å². The van der Waals surface area contributed by atoms with E-state index in [2.05, 4.69) is 4.90 Å². The minimum atomic E-state index is -4.83. The van der Waals surface area contributed by atoms with E-state index in [0.717, 1.165) is 18.3 Å². The molecule has 3 aliphatic heterocycles. The lowest BCUT2D eigenvalue weighted by atomic mass is 9.92. The molecule has 208 valence electrons. The monoisotopic (exact) mass is 573 g/mol. The van der Waals surface area contributed by atoms with Crippen LogP contribution in [0.3, 0.4) is 0 Å². The molecule has 3 fully saturated rings. The van der Waals surface area contributed by atoms with Crippen molar-refractivity contribution in [1.82, 2.24) is 9.21 Å². The Morgan fingerprint density at radius 3 is 2.32 bits per heavy atom. The van der Waals surface area contributed by atoms with Gasteiger partial charge in [-0.25, -0.2) is 8.42 Å². The van der Waals surface area contributed by atoms with Gasteiger partial charge in [-0.2, -0.15) is 17.5 Å². The van der Waals surface area contributed by atoms with Gasteiger partial charge in [0.1, 0.15) is 9.99 Å². The molecule has 0 radical (unpaired) electrons. The van der Waals surface area contributed by atoms with Gasteiger partial charge in [0, 0.05) is 56.8 Å². The highest BCUT2D eigenvalue weighted by Crippen LogP contribution is 2.39. The molecule has 1 aromatic heterocycles. The SMILES string of the molecule is C[C@](O)(c1ccc(N2CCN(S(=O)(=O)c3cccs3)C[C@@H]2CN2C3COCC2CC(=O)C3)cc1)C(F)(F)F.